The third kappa shape index (κ3) is 2.92. The molecule has 0 N–H and O–H groups in total. The van der Waals surface area contributed by atoms with Crippen LogP contribution in [0.15, 0.2) is 133 Å². The molecule has 1 aliphatic heterocycles. The fraction of sp³-hybridized carbons (Fsp3) is 0. The number of ether oxygens (including phenoxy) is 1. The van der Waals surface area contributed by atoms with Crippen molar-refractivity contribution in [2.24, 2.45) is 0 Å². The SMILES string of the molecule is [2H]c1cccc2c(-c3ccccc3)c3ccccc3c(-c3ccc4c5c(cccc35)-c3ccccc3O4)c12. The molecule has 8 rings (SSSR count). The fourth-order valence-electron chi connectivity index (χ4n) is 6.04. The molecule has 1 heteroatoms. The van der Waals surface area contributed by atoms with Gasteiger partial charge in [0.15, 0.2) is 0 Å². The Kier molecular flexibility index (Phi) is 4.08. The van der Waals surface area contributed by atoms with Gasteiger partial charge >= 0.3 is 0 Å². The Labute approximate surface area is 216 Å². The molecule has 7 aromatic carbocycles. The van der Waals surface area contributed by atoms with Gasteiger partial charge in [-0.05, 0) is 72.9 Å². The average molecular weight is 472 g/mol. The molecule has 0 unspecified atom stereocenters. The van der Waals surface area contributed by atoms with Crippen molar-refractivity contribution in [3.8, 4) is 44.9 Å². The Morgan fingerprint density at radius 2 is 1.05 bits per heavy atom. The summed E-state index contributed by atoms with van der Waals surface area (Å²) in [5, 5.41) is 6.67. The Balaban J connectivity index is 1.55. The summed E-state index contributed by atoms with van der Waals surface area (Å²) in [6.45, 7) is 0. The molecule has 0 aromatic heterocycles. The lowest BCUT2D eigenvalue weighted by molar-refractivity contribution is 0.487. The molecule has 1 nitrogen and oxygen atoms in total. The summed E-state index contributed by atoms with van der Waals surface area (Å²) >= 11 is 0. The number of hydrogen-bond donors (Lipinski definition) is 0. The Hall–Kier alpha value is -4.88. The van der Waals surface area contributed by atoms with Crippen LogP contribution in [-0.4, -0.2) is 0 Å². The van der Waals surface area contributed by atoms with Crippen LogP contribution in [0.5, 0.6) is 11.5 Å². The highest BCUT2D eigenvalue weighted by atomic mass is 16.5. The van der Waals surface area contributed by atoms with Crippen LogP contribution in [0.3, 0.4) is 0 Å². The van der Waals surface area contributed by atoms with Crippen molar-refractivity contribution in [1.29, 1.82) is 0 Å². The van der Waals surface area contributed by atoms with Gasteiger partial charge in [-0.15, -0.1) is 0 Å². The maximum atomic E-state index is 9.10. The van der Waals surface area contributed by atoms with E-state index in [0.717, 1.165) is 60.7 Å². The molecule has 0 spiro atoms. The number of hydrogen-bond acceptors (Lipinski definition) is 1. The Bertz CT molecular complexity index is 2060. The van der Waals surface area contributed by atoms with Crippen LogP contribution in [0.1, 0.15) is 1.37 Å². The summed E-state index contributed by atoms with van der Waals surface area (Å²) in [7, 11) is 0. The lowest BCUT2D eigenvalue weighted by Crippen LogP contribution is -1.98. The zero-order chi connectivity index (χ0) is 25.2. The van der Waals surface area contributed by atoms with Crippen LogP contribution in [0.4, 0.5) is 0 Å². The van der Waals surface area contributed by atoms with Gasteiger partial charge in [-0.3, -0.25) is 0 Å². The minimum Gasteiger partial charge on any atom is -0.456 e. The topological polar surface area (TPSA) is 9.23 Å². The minimum absolute atomic E-state index is 0.530. The second kappa shape index (κ2) is 7.81. The van der Waals surface area contributed by atoms with Crippen LogP contribution in [0.2, 0.25) is 0 Å². The van der Waals surface area contributed by atoms with Crippen molar-refractivity contribution in [2.75, 3.05) is 0 Å². The molecule has 1 heterocycles. The molecule has 0 fully saturated rings. The highest BCUT2D eigenvalue weighted by Gasteiger charge is 2.23. The van der Waals surface area contributed by atoms with E-state index < -0.39 is 0 Å². The molecule has 0 saturated heterocycles. The summed E-state index contributed by atoms with van der Waals surface area (Å²) in [6, 6.07) is 44.7. The third-order valence-corrected chi connectivity index (χ3v) is 7.57. The number of fused-ring (bicyclic) bond motifs is 4. The minimum atomic E-state index is 0.530. The first-order valence-electron chi connectivity index (χ1n) is 13.1. The van der Waals surface area contributed by atoms with Gasteiger partial charge in [0.25, 0.3) is 0 Å². The predicted octanol–water partition coefficient (Wildman–Crippen LogP) is 10.3. The van der Waals surface area contributed by atoms with Crippen molar-refractivity contribution in [3.63, 3.8) is 0 Å². The highest BCUT2D eigenvalue weighted by Crippen LogP contribution is 2.51. The van der Waals surface area contributed by atoms with Crippen molar-refractivity contribution in [1.82, 2.24) is 0 Å². The van der Waals surface area contributed by atoms with Gasteiger partial charge in [0, 0.05) is 10.9 Å². The first-order valence-corrected chi connectivity index (χ1v) is 12.6. The van der Waals surface area contributed by atoms with Crippen molar-refractivity contribution in [2.45, 2.75) is 0 Å². The molecule has 37 heavy (non-hydrogen) atoms. The van der Waals surface area contributed by atoms with Crippen molar-refractivity contribution < 1.29 is 6.11 Å². The second-order valence-electron chi connectivity index (χ2n) is 9.56. The number of benzene rings is 7. The second-order valence-corrected chi connectivity index (χ2v) is 9.56. The number of rotatable bonds is 2. The molecular weight excluding hydrogens is 448 g/mol. The lowest BCUT2D eigenvalue weighted by atomic mass is 9.83. The van der Waals surface area contributed by atoms with Gasteiger partial charge < -0.3 is 4.74 Å². The van der Waals surface area contributed by atoms with E-state index in [1.807, 2.05) is 30.3 Å². The predicted molar refractivity (Wildman–Crippen MR) is 155 cm³/mol. The van der Waals surface area contributed by atoms with E-state index in [-0.39, 0.29) is 0 Å². The highest BCUT2D eigenvalue weighted by molar-refractivity contribution is 6.24. The van der Waals surface area contributed by atoms with Gasteiger partial charge in [-0.1, -0.05) is 115 Å². The Morgan fingerprint density at radius 3 is 1.92 bits per heavy atom. The van der Waals surface area contributed by atoms with Crippen LogP contribution in [-0.2, 0) is 0 Å². The summed E-state index contributed by atoms with van der Waals surface area (Å²) < 4.78 is 15.5. The molecule has 0 radical (unpaired) electrons. The standard InChI is InChI=1S/C36H22O/c1-2-11-23(12-3-1)34-26-14-4-6-16-28(26)35(29-17-7-5-15-27(29)34)31-21-22-33-36-25(18-10-19-30(31)36)24-13-8-9-20-32(24)37-33/h1-22H/i16D. The first kappa shape index (κ1) is 19.3. The average Bonchev–Trinajstić information content (AvgIpc) is 2.97. The number of para-hydroxylation sites is 1. The summed E-state index contributed by atoms with van der Waals surface area (Å²) in [4.78, 5) is 0. The largest absolute Gasteiger partial charge is 0.456 e. The van der Waals surface area contributed by atoms with Gasteiger partial charge in [0.1, 0.15) is 11.5 Å². The van der Waals surface area contributed by atoms with Gasteiger partial charge in [-0.2, -0.15) is 0 Å². The molecule has 0 bridgehead atoms. The molecule has 1 aliphatic rings. The molecule has 0 aliphatic carbocycles. The van der Waals surface area contributed by atoms with Crippen molar-refractivity contribution in [3.05, 3.63) is 133 Å². The van der Waals surface area contributed by atoms with E-state index in [0.29, 0.717) is 6.04 Å². The third-order valence-electron chi connectivity index (χ3n) is 7.57. The molecule has 172 valence electrons. The maximum Gasteiger partial charge on any atom is 0.135 e. The quantitative estimate of drug-likeness (QED) is 0.228. The van der Waals surface area contributed by atoms with E-state index in [9.17, 15) is 0 Å². The van der Waals surface area contributed by atoms with Crippen LogP contribution < -0.4 is 4.74 Å². The molecule has 0 amide bonds. The fourth-order valence-corrected chi connectivity index (χ4v) is 6.04. The van der Waals surface area contributed by atoms with E-state index >= 15 is 0 Å². The van der Waals surface area contributed by atoms with E-state index in [1.54, 1.807) is 0 Å². The van der Waals surface area contributed by atoms with Crippen LogP contribution in [0.25, 0.3) is 65.7 Å². The lowest BCUT2D eigenvalue weighted by Gasteiger charge is -2.24. The first-order chi connectivity index (χ1) is 18.8. The molecular formula is C36H22O. The Morgan fingerprint density at radius 1 is 0.405 bits per heavy atom. The maximum absolute atomic E-state index is 9.10. The summed E-state index contributed by atoms with van der Waals surface area (Å²) in [5.41, 5.74) is 6.85. The van der Waals surface area contributed by atoms with Crippen molar-refractivity contribution >= 4 is 32.3 Å². The van der Waals surface area contributed by atoms with Gasteiger partial charge in [-0.25, -0.2) is 0 Å². The van der Waals surface area contributed by atoms with Gasteiger partial charge in [0.2, 0.25) is 0 Å². The van der Waals surface area contributed by atoms with Gasteiger partial charge in [0.05, 0.1) is 1.37 Å². The zero-order valence-corrected chi connectivity index (χ0v) is 20.0. The van der Waals surface area contributed by atoms with Crippen LogP contribution >= 0.6 is 0 Å². The zero-order valence-electron chi connectivity index (χ0n) is 21.0. The normalized spacial score (nSPS) is 12.4. The monoisotopic (exact) mass is 471 g/mol. The molecule has 7 aromatic rings. The summed E-state index contributed by atoms with van der Waals surface area (Å²) in [5.74, 6) is 1.76. The molecule has 0 saturated carbocycles. The van der Waals surface area contributed by atoms with E-state index in [4.69, 9.17) is 6.11 Å². The van der Waals surface area contributed by atoms with Crippen LogP contribution in [0, 0.1) is 0 Å². The van der Waals surface area contributed by atoms with E-state index in [1.165, 1.54) is 16.5 Å². The van der Waals surface area contributed by atoms with E-state index in [2.05, 4.69) is 97.1 Å². The molecule has 0 atom stereocenters. The smallest absolute Gasteiger partial charge is 0.135 e. The summed E-state index contributed by atoms with van der Waals surface area (Å²) in [6.07, 6.45) is 0.